The Hall–Kier alpha value is -0.990. The number of thioether (sulfide) groups is 1. The van der Waals surface area contributed by atoms with Crippen LogP contribution in [0.25, 0.3) is 0 Å². The zero-order valence-electron chi connectivity index (χ0n) is 7.68. The van der Waals surface area contributed by atoms with Crippen LogP contribution in [-0.4, -0.2) is 6.04 Å². The zero-order valence-corrected chi connectivity index (χ0v) is 8.50. The third-order valence-corrected chi connectivity index (χ3v) is 3.98. The van der Waals surface area contributed by atoms with Crippen molar-refractivity contribution in [1.82, 2.24) is 0 Å². The monoisotopic (exact) mass is 201 g/mol. The van der Waals surface area contributed by atoms with Gasteiger partial charge in [0.1, 0.15) is 0 Å². The first-order valence-corrected chi connectivity index (χ1v) is 5.58. The van der Waals surface area contributed by atoms with Crippen molar-refractivity contribution in [3.63, 3.8) is 0 Å². The van der Waals surface area contributed by atoms with Crippen LogP contribution < -0.4 is 5.73 Å². The Bertz CT molecular complexity index is 434. The molecule has 0 bridgehead atoms. The SMILES string of the molecule is NC1C=CC=C2Sc3ccccc3C21. The van der Waals surface area contributed by atoms with Crippen molar-refractivity contribution in [3.05, 3.63) is 53.0 Å². The molecule has 2 aliphatic rings. The lowest BCUT2D eigenvalue weighted by Gasteiger charge is -2.20. The smallest absolute Gasteiger partial charge is 0.0351 e. The molecule has 0 saturated heterocycles. The number of nitrogens with two attached hydrogens (primary N) is 1. The van der Waals surface area contributed by atoms with Crippen molar-refractivity contribution in [2.75, 3.05) is 0 Å². The first-order valence-electron chi connectivity index (χ1n) is 4.77. The van der Waals surface area contributed by atoms with Gasteiger partial charge >= 0.3 is 0 Å². The van der Waals surface area contributed by atoms with Gasteiger partial charge in [-0.05, 0) is 16.5 Å². The van der Waals surface area contributed by atoms with Crippen molar-refractivity contribution in [2.24, 2.45) is 5.73 Å². The average molecular weight is 201 g/mol. The molecule has 0 fully saturated rings. The van der Waals surface area contributed by atoms with Crippen LogP contribution in [0.1, 0.15) is 11.5 Å². The van der Waals surface area contributed by atoms with E-state index in [4.69, 9.17) is 5.73 Å². The van der Waals surface area contributed by atoms with Crippen LogP contribution >= 0.6 is 11.8 Å². The lowest BCUT2D eigenvalue weighted by atomic mass is 9.89. The van der Waals surface area contributed by atoms with Gasteiger partial charge in [-0.25, -0.2) is 0 Å². The molecule has 1 nitrogen and oxygen atoms in total. The minimum absolute atomic E-state index is 0.145. The lowest BCUT2D eigenvalue weighted by Crippen LogP contribution is -2.26. The van der Waals surface area contributed by atoms with Crippen LogP contribution in [-0.2, 0) is 0 Å². The molecule has 70 valence electrons. The van der Waals surface area contributed by atoms with Crippen molar-refractivity contribution < 1.29 is 0 Å². The Morgan fingerprint density at radius 3 is 3.00 bits per heavy atom. The lowest BCUT2D eigenvalue weighted by molar-refractivity contribution is 0.704. The highest BCUT2D eigenvalue weighted by molar-refractivity contribution is 8.03. The Morgan fingerprint density at radius 2 is 2.07 bits per heavy atom. The van der Waals surface area contributed by atoms with Crippen LogP contribution in [0, 0.1) is 0 Å². The van der Waals surface area contributed by atoms with Gasteiger partial charge in [0.2, 0.25) is 0 Å². The summed E-state index contributed by atoms with van der Waals surface area (Å²) in [6.07, 6.45) is 6.32. The van der Waals surface area contributed by atoms with E-state index in [1.807, 2.05) is 11.8 Å². The van der Waals surface area contributed by atoms with Crippen molar-refractivity contribution >= 4 is 11.8 Å². The van der Waals surface area contributed by atoms with Gasteiger partial charge < -0.3 is 5.73 Å². The Kier molecular flexibility index (Phi) is 1.79. The number of benzene rings is 1. The van der Waals surface area contributed by atoms with Crippen molar-refractivity contribution in [3.8, 4) is 0 Å². The van der Waals surface area contributed by atoms with Crippen LogP contribution in [0.15, 0.2) is 52.3 Å². The minimum Gasteiger partial charge on any atom is -0.324 e. The molecule has 2 unspecified atom stereocenters. The van der Waals surface area contributed by atoms with E-state index in [1.54, 1.807) is 0 Å². The van der Waals surface area contributed by atoms with Crippen LogP contribution in [0.2, 0.25) is 0 Å². The summed E-state index contributed by atoms with van der Waals surface area (Å²) in [5.41, 5.74) is 7.48. The molecular formula is C12H11NS. The van der Waals surface area contributed by atoms with E-state index in [-0.39, 0.29) is 6.04 Å². The van der Waals surface area contributed by atoms with Gasteiger partial charge in [0.25, 0.3) is 0 Å². The first kappa shape index (κ1) is 8.33. The van der Waals surface area contributed by atoms with Gasteiger partial charge in [-0.2, -0.15) is 0 Å². The molecule has 1 aliphatic heterocycles. The van der Waals surface area contributed by atoms with Crippen molar-refractivity contribution in [1.29, 1.82) is 0 Å². The second-order valence-electron chi connectivity index (χ2n) is 3.65. The van der Waals surface area contributed by atoms with Gasteiger partial charge in [0, 0.05) is 16.9 Å². The maximum atomic E-state index is 6.09. The highest BCUT2D eigenvalue weighted by atomic mass is 32.2. The Labute approximate surface area is 87.7 Å². The van der Waals surface area contributed by atoms with E-state index in [0.717, 1.165) is 0 Å². The second-order valence-corrected chi connectivity index (χ2v) is 4.76. The number of fused-ring (bicyclic) bond motifs is 3. The van der Waals surface area contributed by atoms with Gasteiger partial charge in [0.05, 0.1) is 0 Å². The third-order valence-electron chi connectivity index (χ3n) is 2.77. The molecule has 2 atom stereocenters. The summed E-state index contributed by atoms with van der Waals surface area (Å²) in [7, 11) is 0. The number of hydrogen-bond acceptors (Lipinski definition) is 2. The van der Waals surface area contributed by atoms with E-state index < -0.39 is 0 Å². The van der Waals surface area contributed by atoms with E-state index in [9.17, 15) is 0 Å². The fraction of sp³-hybridized carbons (Fsp3) is 0.167. The Morgan fingerprint density at radius 1 is 1.21 bits per heavy atom. The largest absolute Gasteiger partial charge is 0.324 e. The fourth-order valence-corrected chi connectivity index (χ4v) is 3.37. The van der Waals surface area contributed by atoms with Crippen LogP contribution in [0.5, 0.6) is 0 Å². The van der Waals surface area contributed by atoms with Crippen molar-refractivity contribution in [2.45, 2.75) is 16.9 Å². The van der Waals surface area contributed by atoms with Gasteiger partial charge in [0.15, 0.2) is 0 Å². The molecule has 2 heteroatoms. The fourth-order valence-electron chi connectivity index (χ4n) is 2.10. The summed E-state index contributed by atoms with van der Waals surface area (Å²) in [6, 6.07) is 8.68. The van der Waals surface area contributed by atoms with Gasteiger partial charge in [-0.3, -0.25) is 0 Å². The summed E-state index contributed by atoms with van der Waals surface area (Å²) in [5.74, 6) is 0.404. The molecule has 3 rings (SSSR count). The van der Waals surface area contributed by atoms with Crippen LogP contribution in [0.4, 0.5) is 0 Å². The molecule has 0 radical (unpaired) electrons. The molecule has 2 N–H and O–H groups in total. The normalized spacial score (nSPS) is 28.2. The van der Waals surface area contributed by atoms with E-state index >= 15 is 0 Å². The highest BCUT2D eigenvalue weighted by Gasteiger charge is 2.32. The average Bonchev–Trinajstić information content (AvgIpc) is 2.57. The zero-order chi connectivity index (χ0) is 9.54. The van der Waals surface area contributed by atoms with E-state index in [1.165, 1.54) is 15.4 Å². The third kappa shape index (κ3) is 1.08. The summed E-state index contributed by atoms with van der Waals surface area (Å²) in [6.45, 7) is 0. The Balaban J connectivity index is 2.15. The predicted molar refractivity (Wildman–Crippen MR) is 60.2 cm³/mol. The standard InChI is InChI=1S/C12H11NS/c13-9-5-3-7-11-12(9)8-4-1-2-6-10(8)14-11/h1-7,9,12H,13H2. The maximum absolute atomic E-state index is 6.09. The molecule has 1 heterocycles. The molecule has 0 aromatic heterocycles. The topological polar surface area (TPSA) is 26.0 Å². The molecule has 14 heavy (non-hydrogen) atoms. The molecule has 0 saturated carbocycles. The summed E-state index contributed by atoms with van der Waals surface area (Å²) in [4.78, 5) is 2.75. The molecule has 0 amide bonds. The summed E-state index contributed by atoms with van der Waals surface area (Å²) >= 11 is 1.85. The predicted octanol–water partition coefficient (Wildman–Crippen LogP) is 2.66. The molecule has 1 aliphatic carbocycles. The maximum Gasteiger partial charge on any atom is 0.0351 e. The van der Waals surface area contributed by atoms with Gasteiger partial charge in [-0.1, -0.05) is 48.2 Å². The van der Waals surface area contributed by atoms with Crippen LogP contribution in [0.3, 0.4) is 0 Å². The number of hydrogen-bond donors (Lipinski definition) is 1. The van der Waals surface area contributed by atoms with E-state index in [0.29, 0.717) is 5.92 Å². The number of rotatable bonds is 0. The minimum atomic E-state index is 0.145. The second kappa shape index (κ2) is 3.01. The highest BCUT2D eigenvalue weighted by Crippen LogP contribution is 2.50. The molecule has 0 spiro atoms. The molecule has 1 aromatic rings. The van der Waals surface area contributed by atoms with E-state index in [2.05, 4.69) is 42.5 Å². The molecule has 1 aromatic carbocycles. The van der Waals surface area contributed by atoms with Gasteiger partial charge in [-0.15, -0.1) is 0 Å². The first-order chi connectivity index (χ1) is 6.86. The summed E-state index contributed by atoms with van der Waals surface area (Å²) < 4.78 is 0. The summed E-state index contributed by atoms with van der Waals surface area (Å²) in [5, 5.41) is 0. The number of allylic oxidation sites excluding steroid dienone is 2. The molecular weight excluding hydrogens is 190 g/mol. The quantitative estimate of drug-likeness (QED) is 0.698.